The molecule has 0 radical (unpaired) electrons. The number of Topliss-reactive ketones (excluding diaryl/α,β-unsaturated/α-hetero) is 1. The summed E-state index contributed by atoms with van der Waals surface area (Å²) < 4.78 is 18.5. The van der Waals surface area contributed by atoms with E-state index in [2.05, 4.69) is 0 Å². The second kappa shape index (κ2) is 6.45. The number of carbonyl (C=O) groups excluding carboxylic acids is 1. The van der Waals surface area contributed by atoms with Gasteiger partial charge in [-0.1, -0.05) is 41.9 Å². The first-order valence-electron chi connectivity index (χ1n) is 5.77. The lowest BCUT2D eigenvalue weighted by molar-refractivity contribution is 0.0721. The van der Waals surface area contributed by atoms with Crippen molar-refractivity contribution in [1.82, 2.24) is 0 Å². The molecule has 0 saturated carbocycles. The molecule has 0 aromatic heterocycles. The molecule has 0 spiro atoms. The van der Waals surface area contributed by atoms with Crippen molar-refractivity contribution in [3.8, 4) is 0 Å². The number of ketones is 1. The van der Waals surface area contributed by atoms with E-state index in [1.165, 1.54) is 6.07 Å². The monoisotopic (exact) mass is 278 g/mol. The molecule has 0 atom stereocenters. The van der Waals surface area contributed by atoms with E-state index in [4.69, 9.17) is 16.3 Å². The third-order valence-electron chi connectivity index (χ3n) is 2.60. The molecule has 19 heavy (non-hydrogen) atoms. The summed E-state index contributed by atoms with van der Waals surface area (Å²) in [5.74, 6) is -0.517. The van der Waals surface area contributed by atoms with Crippen molar-refractivity contribution in [3.05, 3.63) is 70.5 Å². The Hall–Kier alpha value is -1.71. The van der Waals surface area contributed by atoms with Crippen LogP contribution in [0.2, 0.25) is 5.02 Å². The van der Waals surface area contributed by atoms with Gasteiger partial charge in [-0.25, -0.2) is 4.39 Å². The van der Waals surface area contributed by atoms with Crippen molar-refractivity contribution in [2.75, 3.05) is 6.61 Å². The molecule has 4 heteroatoms. The van der Waals surface area contributed by atoms with Crippen LogP contribution in [0.1, 0.15) is 15.9 Å². The lowest BCUT2D eigenvalue weighted by Crippen LogP contribution is -2.09. The Bertz CT molecular complexity index is 584. The topological polar surface area (TPSA) is 26.3 Å². The molecule has 0 aliphatic heterocycles. The van der Waals surface area contributed by atoms with Crippen molar-refractivity contribution in [1.29, 1.82) is 0 Å². The molecule has 0 N–H and O–H groups in total. The van der Waals surface area contributed by atoms with Crippen molar-refractivity contribution in [2.45, 2.75) is 6.61 Å². The van der Waals surface area contributed by atoms with Gasteiger partial charge in [-0.15, -0.1) is 0 Å². The fourth-order valence-electron chi connectivity index (χ4n) is 1.61. The van der Waals surface area contributed by atoms with Gasteiger partial charge in [0.25, 0.3) is 0 Å². The summed E-state index contributed by atoms with van der Waals surface area (Å²) in [7, 11) is 0. The lowest BCUT2D eigenvalue weighted by Gasteiger charge is -2.05. The summed E-state index contributed by atoms with van der Waals surface area (Å²) in [5, 5.41) is 0.500. The highest BCUT2D eigenvalue weighted by Crippen LogP contribution is 2.12. The maximum Gasteiger partial charge on any atom is 0.188 e. The van der Waals surface area contributed by atoms with Gasteiger partial charge in [0.2, 0.25) is 0 Å². The van der Waals surface area contributed by atoms with Gasteiger partial charge in [0, 0.05) is 16.1 Å². The summed E-state index contributed by atoms with van der Waals surface area (Å²) in [6.07, 6.45) is 0. The number of hydrogen-bond acceptors (Lipinski definition) is 2. The Kier molecular flexibility index (Phi) is 4.66. The minimum absolute atomic E-state index is 0.0684. The van der Waals surface area contributed by atoms with Gasteiger partial charge < -0.3 is 4.74 Å². The van der Waals surface area contributed by atoms with Crippen LogP contribution in [0.5, 0.6) is 0 Å². The van der Waals surface area contributed by atoms with Crippen LogP contribution in [0, 0.1) is 5.82 Å². The van der Waals surface area contributed by atoms with E-state index in [-0.39, 0.29) is 24.8 Å². The zero-order chi connectivity index (χ0) is 13.7. The molecule has 2 aromatic rings. The van der Waals surface area contributed by atoms with Crippen LogP contribution in [-0.2, 0) is 11.3 Å². The molecule has 0 fully saturated rings. The highest BCUT2D eigenvalue weighted by molar-refractivity contribution is 6.31. The summed E-state index contributed by atoms with van der Waals surface area (Å²) in [4.78, 5) is 11.8. The predicted molar refractivity (Wildman–Crippen MR) is 71.8 cm³/mol. The van der Waals surface area contributed by atoms with Gasteiger partial charge >= 0.3 is 0 Å². The van der Waals surface area contributed by atoms with Gasteiger partial charge in [-0.05, 0) is 18.2 Å². The Morgan fingerprint density at radius 1 is 1.16 bits per heavy atom. The number of ether oxygens (including phenoxy) is 1. The second-order valence-electron chi connectivity index (χ2n) is 4.02. The fourth-order valence-corrected chi connectivity index (χ4v) is 1.80. The van der Waals surface area contributed by atoms with Gasteiger partial charge in [-0.2, -0.15) is 0 Å². The molecule has 0 amide bonds. The number of benzene rings is 2. The van der Waals surface area contributed by atoms with E-state index in [0.717, 1.165) is 0 Å². The van der Waals surface area contributed by atoms with Crippen LogP contribution < -0.4 is 0 Å². The van der Waals surface area contributed by atoms with E-state index in [1.54, 1.807) is 42.5 Å². The number of rotatable bonds is 5. The van der Waals surface area contributed by atoms with Gasteiger partial charge in [0.1, 0.15) is 12.4 Å². The van der Waals surface area contributed by atoms with Crippen molar-refractivity contribution in [2.24, 2.45) is 0 Å². The molecular weight excluding hydrogens is 267 g/mol. The summed E-state index contributed by atoms with van der Waals surface area (Å²) in [6, 6.07) is 13.0. The molecule has 0 heterocycles. The van der Waals surface area contributed by atoms with E-state index in [9.17, 15) is 9.18 Å². The smallest absolute Gasteiger partial charge is 0.188 e. The largest absolute Gasteiger partial charge is 0.369 e. The Morgan fingerprint density at radius 3 is 2.68 bits per heavy atom. The van der Waals surface area contributed by atoms with Crippen LogP contribution >= 0.6 is 11.6 Å². The van der Waals surface area contributed by atoms with Crippen molar-refractivity contribution in [3.63, 3.8) is 0 Å². The molecular formula is C15H12ClFO2. The average molecular weight is 279 g/mol. The minimum atomic E-state index is -0.335. The van der Waals surface area contributed by atoms with Gasteiger partial charge in [0.05, 0.1) is 6.61 Å². The zero-order valence-electron chi connectivity index (χ0n) is 10.1. The summed E-state index contributed by atoms with van der Waals surface area (Å²) >= 11 is 5.80. The molecule has 0 unspecified atom stereocenters. The Balaban J connectivity index is 1.90. The fraction of sp³-hybridized carbons (Fsp3) is 0.133. The van der Waals surface area contributed by atoms with Crippen LogP contribution in [-0.4, -0.2) is 12.4 Å². The molecule has 98 valence electrons. The van der Waals surface area contributed by atoms with Crippen LogP contribution in [0.15, 0.2) is 48.5 Å². The zero-order valence-corrected chi connectivity index (χ0v) is 10.9. The second-order valence-corrected chi connectivity index (χ2v) is 4.45. The highest BCUT2D eigenvalue weighted by atomic mass is 35.5. The third-order valence-corrected chi connectivity index (χ3v) is 2.83. The Labute approximate surface area is 115 Å². The molecule has 2 nitrogen and oxygen atoms in total. The van der Waals surface area contributed by atoms with Crippen molar-refractivity contribution < 1.29 is 13.9 Å². The minimum Gasteiger partial charge on any atom is -0.369 e. The van der Waals surface area contributed by atoms with Gasteiger partial charge in [0.15, 0.2) is 5.78 Å². The number of carbonyl (C=O) groups is 1. The number of hydrogen-bond donors (Lipinski definition) is 0. The van der Waals surface area contributed by atoms with E-state index >= 15 is 0 Å². The molecule has 0 aliphatic rings. The van der Waals surface area contributed by atoms with Crippen LogP contribution in [0.3, 0.4) is 0 Å². The van der Waals surface area contributed by atoms with Gasteiger partial charge in [-0.3, -0.25) is 4.79 Å². The first-order chi connectivity index (χ1) is 9.16. The number of halogens is 2. The maximum absolute atomic E-state index is 13.3. The first-order valence-corrected chi connectivity index (χ1v) is 6.14. The van der Waals surface area contributed by atoms with E-state index < -0.39 is 0 Å². The predicted octanol–water partition coefficient (Wildman–Crippen LogP) is 3.88. The summed E-state index contributed by atoms with van der Waals surface area (Å²) in [5.41, 5.74) is 0.919. The summed E-state index contributed by atoms with van der Waals surface area (Å²) in [6.45, 7) is -0.0341. The lowest BCUT2D eigenvalue weighted by atomic mass is 10.1. The molecule has 2 aromatic carbocycles. The quantitative estimate of drug-likeness (QED) is 0.776. The molecule has 0 aliphatic carbocycles. The average Bonchev–Trinajstić information content (AvgIpc) is 2.41. The molecule has 0 bridgehead atoms. The van der Waals surface area contributed by atoms with E-state index in [0.29, 0.717) is 16.1 Å². The Morgan fingerprint density at radius 2 is 1.95 bits per heavy atom. The maximum atomic E-state index is 13.3. The van der Waals surface area contributed by atoms with Crippen molar-refractivity contribution >= 4 is 17.4 Å². The van der Waals surface area contributed by atoms with E-state index in [1.807, 2.05) is 0 Å². The van der Waals surface area contributed by atoms with Crippen LogP contribution in [0.4, 0.5) is 4.39 Å². The normalized spacial score (nSPS) is 10.4. The highest BCUT2D eigenvalue weighted by Gasteiger charge is 2.07. The van der Waals surface area contributed by atoms with Crippen LogP contribution in [0.25, 0.3) is 0 Å². The molecule has 0 saturated heterocycles. The third kappa shape index (κ3) is 3.88. The first kappa shape index (κ1) is 13.7. The molecule has 2 rings (SSSR count). The standard InChI is InChI=1S/C15H12ClFO2/c16-13-6-3-5-11(8-13)15(18)10-19-9-12-4-1-2-7-14(12)17/h1-8H,9-10H2. The SMILES string of the molecule is O=C(COCc1ccccc1F)c1cccc(Cl)c1.